The lowest BCUT2D eigenvalue weighted by molar-refractivity contribution is 0.414. The van der Waals surface area contributed by atoms with Crippen LogP contribution in [0.4, 0.5) is 8.78 Å². The Labute approximate surface area is 208 Å². The fourth-order valence-electron chi connectivity index (χ4n) is 2.77. The predicted octanol–water partition coefficient (Wildman–Crippen LogP) is 6.94. The molecule has 4 rings (SSSR count). The second kappa shape index (κ2) is 10.7. The summed E-state index contributed by atoms with van der Waals surface area (Å²) in [6.45, 7) is 5.49. The van der Waals surface area contributed by atoms with Crippen LogP contribution < -0.4 is 4.74 Å². The van der Waals surface area contributed by atoms with Gasteiger partial charge in [-0.25, -0.2) is 23.0 Å². The van der Waals surface area contributed by atoms with Crippen LogP contribution in [0.15, 0.2) is 52.9 Å². The third-order valence-electron chi connectivity index (χ3n) is 4.53. The Bertz CT molecular complexity index is 1410. The summed E-state index contributed by atoms with van der Waals surface area (Å²) in [5.41, 5.74) is 0.993. The molecule has 0 saturated carbocycles. The van der Waals surface area contributed by atoms with E-state index in [1.54, 1.807) is 36.4 Å². The summed E-state index contributed by atoms with van der Waals surface area (Å²) in [4.78, 5) is 7.93. The van der Waals surface area contributed by atoms with Gasteiger partial charge in [0.2, 0.25) is 0 Å². The maximum absolute atomic E-state index is 13.6. The fraction of sp³-hybridized carbons (Fsp3) is 0.208. The van der Waals surface area contributed by atoms with E-state index < -0.39 is 21.5 Å². The molecule has 2 aromatic heterocycles. The van der Waals surface area contributed by atoms with Crippen molar-refractivity contribution in [2.24, 2.45) is 4.40 Å². The number of hydrogen-bond acceptors (Lipinski definition) is 4. The number of benzene rings is 2. The lowest BCUT2D eigenvalue weighted by Gasteiger charge is -2.12. The highest BCUT2D eigenvalue weighted by Crippen LogP contribution is 2.27. The molecule has 0 aliphatic heterocycles. The van der Waals surface area contributed by atoms with E-state index in [1.807, 2.05) is 20.8 Å². The van der Waals surface area contributed by atoms with Crippen molar-refractivity contribution in [1.29, 1.82) is 0 Å². The molecular weight excluding hydrogens is 503 g/mol. The zero-order valence-electron chi connectivity index (χ0n) is 18.8. The van der Waals surface area contributed by atoms with Gasteiger partial charge in [0.25, 0.3) is 0 Å². The van der Waals surface area contributed by atoms with E-state index in [-0.39, 0.29) is 27.2 Å². The van der Waals surface area contributed by atoms with E-state index in [0.717, 1.165) is 0 Å². The van der Waals surface area contributed by atoms with Crippen molar-refractivity contribution in [3.8, 4) is 5.75 Å². The van der Waals surface area contributed by atoms with Gasteiger partial charge in [0.1, 0.15) is 38.8 Å². The Morgan fingerprint density at radius 1 is 0.941 bits per heavy atom. The van der Waals surface area contributed by atoms with Gasteiger partial charge in [0.05, 0.1) is 11.9 Å². The summed E-state index contributed by atoms with van der Waals surface area (Å²) in [5.74, 6) is -0.358. The molecular formula is C24H21Cl2F2N3O2S. The van der Waals surface area contributed by atoms with E-state index in [9.17, 15) is 13.0 Å². The minimum atomic E-state index is -1.38. The monoisotopic (exact) mass is 523 g/mol. The highest BCUT2D eigenvalue weighted by molar-refractivity contribution is 7.85. The fourth-order valence-corrected chi connectivity index (χ4v) is 3.70. The van der Waals surface area contributed by atoms with Crippen LogP contribution in [0.25, 0.3) is 21.8 Å². The number of para-hydroxylation sites is 2. The number of ether oxygens (including phenoxy) is 1. The van der Waals surface area contributed by atoms with Crippen LogP contribution in [-0.2, 0) is 11.0 Å². The molecule has 34 heavy (non-hydrogen) atoms. The number of fused-ring (bicyclic) bond motifs is 2. The van der Waals surface area contributed by atoms with E-state index in [4.69, 9.17) is 27.9 Å². The summed E-state index contributed by atoms with van der Waals surface area (Å²) in [6.07, 6.45) is 1.42. The number of halogens is 4. The second-order valence-electron chi connectivity index (χ2n) is 8.07. The quantitative estimate of drug-likeness (QED) is 0.215. The number of rotatable bonds is 3. The zero-order chi connectivity index (χ0) is 25.0. The highest BCUT2D eigenvalue weighted by Gasteiger charge is 2.18. The number of aromatic nitrogens is 2. The first-order valence-electron chi connectivity index (χ1n) is 10.0. The van der Waals surface area contributed by atoms with Gasteiger partial charge in [-0.05, 0) is 45.0 Å². The topological polar surface area (TPSA) is 64.4 Å². The third kappa shape index (κ3) is 6.05. The van der Waals surface area contributed by atoms with Crippen molar-refractivity contribution in [1.82, 2.24) is 9.97 Å². The van der Waals surface area contributed by atoms with Gasteiger partial charge in [-0.3, -0.25) is 0 Å². The van der Waals surface area contributed by atoms with Crippen molar-refractivity contribution < 1.29 is 17.7 Å². The molecule has 0 saturated heterocycles. The van der Waals surface area contributed by atoms with Crippen LogP contribution in [0, 0.1) is 11.6 Å². The molecule has 1 unspecified atom stereocenters. The molecule has 0 aliphatic carbocycles. The van der Waals surface area contributed by atoms with Crippen LogP contribution in [0.3, 0.4) is 0 Å². The number of hydrogen-bond donors (Lipinski definition) is 0. The van der Waals surface area contributed by atoms with Gasteiger partial charge in [-0.1, -0.05) is 47.5 Å². The summed E-state index contributed by atoms with van der Waals surface area (Å²) < 4.78 is 47.2. The standard InChI is InChI=1S/C14H14ClFN2OS.C10H7ClFNO/c1-14(2,3)20(19)17-8-10-7-9-5-4-6-11(16)12(9)18-13(10)15;1-14-8-5-6-3-2-4-7(12)9(6)13-10(8)11/h4-8H,1-3H3;2-5H,1H3. The van der Waals surface area contributed by atoms with Crippen molar-refractivity contribution in [2.45, 2.75) is 25.5 Å². The van der Waals surface area contributed by atoms with Crippen molar-refractivity contribution in [3.05, 3.63) is 76.0 Å². The van der Waals surface area contributed by atoms with Gasteiger partial charge in [-0.2, -0.15) is 4.40 Å². The molecule has 0 aliphatic rings. The number of pyridine rings is 2. The molecule has 0 N–H and O–H groups in total. The molecule has 178 valence electrons. The normalized spacial score (nSPS) is 12.6. The predicted molar refractivity (Wildman–Crippen MR) is 135 cm³/mol. The SMILES string of the molecule is CC(C)(C)S(=O)N=Cc1cc2cccc(F)c2nc1Cl.COc1cc2cccc(F)c2nc1Cl. The molecule has 2 heterocycles. The van der Waals surface area contributed by atoms with Crippen molar-refractivity contribution >= 4 is 62.2 Å². The lowest BCUT2D eigenvalue weighted by Crippen LogP contribution is -2.19. The molecule has 5 nitrogen and oxygen atoms in total. The van der Waals surface area contributed by atoms with Crippen molar-refractivity contribution in [2.75, 3.05) is 7.11 Å². The van der Waals surface area contributed by atoms with Crippen LogP contribution in [0.2, 0.25) is 10.3 Å². The number of methoxy groups -OCH3 is 1. The van der Waals surface area contributed by atoms with E-state index in [2.05, 4.69) is 14.4 Å². The van der Waals surface area contributed by atoms with Crippen molar-refractivity contribution in [3.63, 3.8) is 0 Å². The molecule has 0 fully saturated rings. The van der Waals surface area contributed by atoms with Crippen LogP contribution in [0.1, 0.15) is 26.3 Å². The summed E-state index contributed by atoms with van der Waals surface area (Å²) >= 11 is 11.8. The molecule has 0 amide bonds. The Balaban J connectivity index is 0.000000202. The van der Waals surface area contributed by atoms with E-state index >= 15 is 0 Å². The van der Waals surface area contributed by atoms with Gasteiger partial charge in [-0.15, -0.1) is 0 Å². The Hall–Kier alpha value is -2.68. The molecule has 0 bridgehead atoms. The third-order valence-corrected chi connectivity index (χ3v) is 6.44. The minimum absolute atomic E-state index is 0.136. The average molecular weight is 524 g/mol. The van der Waals surface area contributed by atoms with Gasteiger partial charge >= 0.3 is 0 Å². The van der Waals surface area contributed by atoms with Crippen LogP contribution in [-0.4, -0.2) is 32.2 Å². The molecule has 0 spiro atoms. The Kier molecular flexibility index (Phi) is 8.17. The molecule has 10 heteroatoms. The Morgan fingerprint density at radius 2 is 1.47 bits per heavy atom. The highest BCUT2D eigenvalue weighted by atomic mass is 35.5. The summed E-state index contributed by atoms with van der Waals surface area (Å²) in [5, 5.41) is 1.60. The Morgan fingerprint density at radius 3 is 2.00 bits per heavy atom. The average Bonchev–Trinajstić information content (AvgIpc) is 2.78. The molecule has 4 aromatic rings. The maximum atomic E-state index is 13.6. The van der Waals surface area contributed by atoms with E-state index in [1.165, 1.54) is 25.5 Å². The van der Waals surface area contributed by atoms with E-state index in [0.29, 0.717) is 22.1 Å². The summed E-state index contributed by atoms with van der Waals surface area (Å²) in [7, 11) is 0.119. The first-order chi connectivity index (χ1) is 16.0. The van der Waals surface area contributed by atoms with Crippen LogP contribution in [0.5, 0.6) is 5.75 Å². The second-order valence-corrected chi connectivity index (χ2v) is 10.7. The largest absolute Gasteiger partial charge is 0.494 e. The van der Waals surface area contributed by atoms with Gasteiger partial charge < -0.3 is 4.74 Å². The summed E-state index contributed by atoms with van der Waals surface area (Å²) in [6, 6.07) is 12.7. The molecule has 1 atom stereocenters. The lowest BCUT2D eigenvalue weighted by atomic mass is 10.1. The first kappa shape index (κ1) is 25.9. The maximum Gasteiger partial charge on any atom is 0.171 e. The smallest absolute Gasteiger partial charge is 0.171 e. The minimum Gasteiger partial charge on any atom is -0.494 e. The van der Waals surface area contributed by atoms with Gasteiger partial charge in [0.15, 0.2) is 10.9 Å². The van der Waals surface area contributed by atoms with Gasteiger partial charge in [0, 0.05) is 22.6 Å². The first-order valence-corrected chi connectivity index (χ1v) is 11.9. The molecule has 2 aromatic carbocycles. The zero-order valence-corrected chi connectivity index (χ0v) is 21.1. The van der Waals surface area contributed by atoms with Crippen LogP contribution >= 0.6 is 23.2 Å². The number of nitrogens with zero attached hydrogens (tertiary/aromatic N) is 3. The molecule has 0 radical (unpaired) electrons.